The average molecular weight is 399 g/mol. The molecule has 2 N–H and O–H groups in total. The fourth-order valence-corrected chi connectivity index (χ4v) is 2.72. The highest BCUT2D eigenvalue weighted by Crippen LogP contribution is 2.27. The third-order valence-electron chi connectivity index (χ3n) is 4.41. The van der Waals surface area contributed by atoms with Gasteiger partial charge in [0.25, 0.3) is 11.8 Å². The molecular formula is C22H29N3O4. The van der Waals surface area contributed by atoms with Gasteiger partial charge < -0.3 is 20.1 Å². The van der Waals surface area contributed by atoms with Crippen LogP contribution in [0.4, 0.5) is 0 Å². The molecule has 1 aromatic heterocycles. The van der Waals surface area contributed by atoms with Crippen LogP contribution in [0.15, 0.2) is 36.5 Å². The predicted octanol–water partition coefficient (Wildman–Crippen LogP) is 2.85. The van der Waals surface area contributed by atoms with Crippen LogP contribution in [0.3, 0.4) is 0 Å². The van der Waals surface area contributed by atoms with Gasteiger partial charge >= 0.3 is 0 Å². The van der Waals surface area contributed by atoms with E-state index in [1.54, 1.807) is 20.3 Å². The van der Waals surface area contributed by atoms with Crippen molar-refractivity contribution in [2.45, 2.75) is 26.7 Å². The van der Waals surface area contributed by atoms with Crippen molar-refractivity contribution >= 4 is 11.8 Å². The minimum absolute atomic E-state index is 0.237. The van der Waals surface area contributed by atoms with Gasteiger partial charge in [0.1, 0.15) is 5.69 Å². The lowest BCUT2D eigenvalue weighted by Gasteiger charge is -2.10. The van der Waals surface area contributed by atoms with Gasteiger partial charge in [0.15, 0.2) is 11.5 Å². The van der Waals surface area contributed by atoms with Gasteiger partial charge in [-0.3, -0.25) is 14.6 Å². The highest BCUT2D eigenvalue weighted by molar-refractivity contribution is 5.98. The number of ether oxygens (including phenoxy) is 2. The number of hydrogen-bond acceptors (Lipinski definition) is 5. The van der Waals surface area contributed by atoms with Crippen molar-refractivity contribution in [3.63, 3.8) is 0 Å². The number of amides is 2. The molecule has 0 spiro atoms. The minimum atomic E-state index is -0.273. The molecule has 0 aliphatic rings. The largest absolute Gasteiger partial charge is 0.493 e. The van der Waals surface area contributed by atoms with Gasteiger partial charge in [-0.05, 0) is 48.6 Å². The van der Waals surface area contributed by atoms with Crippen molar-refractivity contribution in [2.24, 2.45) is 5.92 Å². The maximum absolute atomic E-state index is 12.4. The summed E-state index contributed by atoms with van der Waals surface area (Å²) >= 11 is 0. The predicted molar refractivity (Wildman–Crippen MR) is 112 cm³/mol. The van der Waals surface area contributed by atoms with Gasteiger partial charge in [0, 0.05) is 24.8 Å². The Morgan fingerprint density at radius 3 is 2.38 bits per heavy atom. The number of nitrogens with one attached hydrogen (secondary N) is 2. The van der Waals surface area contributed by atoms with Gasteiger partial charge in [-0.25, -0.2) is 0 Å². The number of nitrogens with zero attached hydrogens (tertiary/aromatic N) is 1. The molecule has 156 valence electrons. The van der Waals surface area contributed by atoms with E-state index in [9.17, 15) is 9.59 Å². The van der Waals surface area contributed by atoms with E-state index < -0.39 is 0 Å². The Bertz CT molecular complexity index is 837. The first-order chi connectivity index (χ1) is 13.9. The summed E-state index contributed by atoms with van der Waals surface area (Å²) in [5, 5.41) is 5.69. The van der Waals surface area contributed by atoms with E-state index in [-0.39, 0.29) is 17.5 Å². The number of benzene rings is 1. The standard InChI is InChI=1S/C22H29N3O4/c1-15(2)7-10-25-22(27)18-14-17(9-12-23-18)21(26)24-11-8-16-5-6-19(28-3)20(13-16)29-4/h5-6,9,12-15H,7-8,10-11H2,1-4H3,(H,24,26)(H,25,27). The third-order valence-corrected chi connectivity index (χ3v) is 4.41. The first-order valence-corrected chi connectivity index (χ1v) is 9.68. The van der Waals surface area contributed by atoms with E-state index in [0.717, 1.165) is 12.0 Å². The Kier molecular flexibility index (Phi) is 8.45. The maximum atomic E-state index is 12.4. The van der Waals surface area contributed by atoms with Crippen molar-refractivity contribution in [2.75, 3.05) is 27.3 Å². The van der Waals surface area contributed by atoms with Crippen LogP contribution in [0.2, 0.25) is 0 Å². The fraction of sp³-hybridized carbons (Fsp3) is 0.409. The zero-order valence-electron chi connectivity index (χ0n) is 17.5. The molecule has 1 heterocycles. The molecule has 0 bridgehead atoms. The Hall–Kier alpha value is -3.09. The molecule has 7 heteroatoms. The average Bonchev–Trinajstić information content (AvgIpc) is 2.73. The maximum Gasteiger partial charge on any atom is 0.269 e. The molecule has 0 saturated carbocycles. The SMILES string of the molecule is COc1ccc(CCNC(=O)c2ccnc(C(=O)NCCC(C)C)c2)cc1OC. The summed E-state index contributed by atoms with van der Waals surface area (Å²) < 4.78 is 10.5. The van der Waals surface area contributed by atoms with E-state index in [2.05, 4.69) is 29.5 Å². The minimum Gasteiger partial charge on any atom is -0.493 e. The summed E-state index contributed by atoms with van der Waals surface area (Å²) in [6.45, 7) is 5.22. The van der Waals surface area contributed by atoms with Crippen LogP contribution in [-0.4, -0.2) is 44.1 Å². The van der Waals surface area contributed by atoms with Crippen LogP contribution in [0.1, 0.15) is 46.7 Å². The summed E-state index contributed by atoms with van der Waals surface area (Å²) in [6.07, 6.45) is 3.00. The van der Waals surface area contributed by atoms with Crippen LogP contribution in [0, 0.1) is 5.92 Å². The number of carbonyl (C=O) groups excluding carboxylic acids is 2. The van der Waals surface area contributed by atoms with Crippen molar-refractivity contribution in [3.05, 3.63) is 53.3 Å². The second kappa shape index (κ2) is 11.0. The number of hydrogen-bond donors (Lipinski definition) is 2. The zero-order chi connectivity index (χ0) is 21.2. The van der Waals surface area contributed by atoms with E-state index >= 15 is 0 Å². The molecule has 1 aromatic carbocycles. The molecule has 29 heavy (non-hydrogen) atoms. The molecule has 0 atom stereocenters. The van der Waals surface area contributed by atoms with Crippen LogP contribution in [-0.2, 0) is 6.42 Å². The summed E-state index contributed by atoms with van der Waals surface area (Å²) in [7, 11) is 3.18. The van der Waals surface area contributed by atoms with Gasteiger partial charge in [0.05, 0.1) is 14.2 Å². The van der Waals surface area contributed by atoms with Crippen LogP contribution >= 0.6 is 0 Å². The summed E-state index contributed by atoms with van der Waals surface area (Å²) in [4.78, 5) is 28.7. The molecule has 0 aliphatic heterocycles. The summed E-state index contributed by atoms with van der Waals surface area (Å²) in [5.41, 5.74) is 1.66. The van der Waals surface area contributed by atoms with Gasteiger partial charge in [0.2, 0.25) is 0 Å². The molecule has 0 aliphatic carbocycles. The molecule has 2 rings (SSSR count). The number of rotatable bonds is 10. The van der Waals surface area contributed by atoms with E-state index in [1.807, 2.05) is 18.2 Å². The molecular weight excluding hydrogens is 370 g/mol. The van der Waals surface area contributed by atoms with Gasteiger partial charge in [-0.2, -0.15) is 0 Å². The lowest BCUT2D eigenvalue weighted by molar-refractivity contribution is 0.0947. The fourth-order valence-electron chi connectivity index (χ4n) is 2.72. The lowest BCUT2D eigenvalue weighted by Crippen LogP contribution is -2.28. The van der Waals surface area contributed by atoms with Crippen molar-refractivity contribution in [1.82, 2.24) is 15.6 Å². The summed E-state index contributed by atoms with van der Waals surface area (Å²) in [5.74, 6) is 1.30. The van der Waals surface area contributed by atoms with Crippen LogP contribution in [0.25, 0.3) is 0 Å². The van der Waals surface area contributed by atoms with Crippen LogP contribution < -0.4 is 20.1 Å². The van der Waals surface area contributed by atoms with Crippen molar-refractivity contribution in [1.29, 1.82) is 0 Å². The normalized spacial score (nSPS) is 10.5. The monoisotopic (exact) mass is 399 g/mol. The number of aromatic nitrogens is 1. The third kappa shape index (κ3) is 6.78. The van der Waals surface area contributed by atoms with E-state index in [0.29, 0.717) is 42.5 Å². The van der Waals surface area contributed by atoms with Gasteiger partial charge in [-0.1, -0.05) is 19.9 Å². The Balaban J connectivity index is 1.90. The van der Waals surface area contributed by atoms with Crippen molar-refractivity contribution < 1.29 is 19.1 Å². The molecule has 0 saturated heterocycles. The number of pyridine rings is 1. The first-order valence-electron chi connectivity index (χ1n) is 9.68. The Morgan fingerprint density at radius 2 is 1.69 bits per heavy atom. The van der Waals surface area contributed by atoms with Crippen LogP contribution in [0.5, 0.6) is 11.5 Å². The highest BCUT2D eigenvalue weighted by atomic mass is 16.5. The molecule has 0 fully saturated rings. The molecule has 2 amide bonds. The van der Waals surface area contributed by atoms with Crippen molar-refractivity contribution in [3.8, 4) is 11.5 Å². The second-order valence-corrected chi connectivity index (χ2v) is 7.06. The molecule has 7 nitrogen and oxygen atoms in total. The lowest BCUT2D eigenvalue weighted by atomic mass is 10.1. The van der Waals surface area contributed by atoms with E-state index in [1.165, 1.54) is 12.3 Å². The smallest absolute Gasteiger partial charge is 0.269 e. The quantitative estimate of drug-likeness (QED) is 0.641. The zero-order valence-corrected chi connectivity index (χ0v) is 17.5. The summed E-state index contributed by atoms with van der Waals surface area (Å²) in [6, 6.07) is 8.76. The Morgan fingerprint density at radius 1 is 0.966 bits per heavy atom. The Labute approximate surface area is 171 Å². The number of methoxy groups -OCH3 is 2. The molecule has 2 aromatic rings. The molecule has 0 unspecified atom stereocenters. The molecule has 0 radical (unpaired) electrons. The van der Waals surface area contributed by atoms with E-state index in [4.69, 9.17) is 9.47 Å². The topological polar surface area (TPSA) is 89.5 Å². The van der Waals surface area contributed by atoms with Gasteiger partial charge in [-0.15, -0.1) is 0 Å². The highest BCUT2D eigenvalue weighted by Gasteiger charge is 2.12. The number of carbonyl (C=O) groups is 2. The second-order valence-electron chi connectivity index (χ2n) is 7.06. The first kappa shape index (κ1) is 22.2.